The van der Waals surface area contributed by atoms with E-state index in [0.29, 0.717) is 6.04 Å². The fourth-order valence-corrected chi connectivity index (χ4v) is 2.67. The molecule has 0 radical (unpaired) electrons. The minimum absolute atomic E-state index is 0.433. The summed E-state index contributed by atoms with van der Waals surface area (Å²) in [6.07, 6.45) is 1.05. The first kappa shape index (κ1) is 13.7. The van der Waals surface area contributed by atoms with E-state index in [9.17, 15) is 0 Å². The minimum atomic E-state index is 0.433. The van der Waals surface area contributed by atoms with Gasteiger partial charge in [-0.15, -0.1) is 0 Å². The van der Waals surface area contributed by atoms with E-state index in [-0.39, 0.29) is 0 Å². The van der Waals surface area contributed by atoms with Crippen LogP contribution in [0.2, 0.25) is 0 Å². The molecule has 0 spiro atoms. The van der Waals surface area contributed by atoms with Crippen LogP contribution in [0.3, 0.4) is 0 Å². The summed E-state index contributed by atoms with van der Waals surface area (Å²) in [6.45, 7) is 8.75. The van der Waals surface area contributed by atoms with Gasteiger partial charge in [0.15, 0.2) is 0 Å². The zero-order chi connectivity index (χ0) is 13.8. The monoisotopic (exact) mass is 253 g/mol. The highest BCUT2D eigenvalue weighted by atomic mass is 14.9. The lowest BCUT2D eigenvalue weighted by Gasteiger charge is -2.19. The van der Waals surface area contributed by atoms with E-state index in [4.69, 9.17) is 0 Å². The van der Waals surface area contributed by atoms with Crippen molar-refractivity contribution < 1.29 is 0 Å². The molecule has 0 aliphatic heterocycles. The van der Waals surface area contributed by atoms with E-state index >= 15 is 0 Å². The summed E-state index contributed by atoms with van der Waals surface area (Å²) in [5.74, 6) is 0. The van der Waals surface area contributed by atoms with Gasteiger partial charge in [0, 0.05) is 11.7 Å². The van der Waals surface area contributed by atoms with Gasteiger partial charge in [0.1, 0.15) is 0 Å². The van der Waals surface area contributed by atoms with Gasteiger partial charge >= 0.3 is 0 Å². The molecule has 0 fully saturated rings. The highest BCUT2D eigenvalue weighted by Crippen LogP contribution is 2.23. The van der Waals surface area contributed by atoms with Crippen LogP contribution < -0.4 is 5.32 Å². The first-order valence-corrected chi connectivity index (χ1v) is 6.94. The Morgan fingerprint density at radius 3 is 2.11 bits per heavy atom. The zero-order valence-electron chi connectivity index (χ0n) is 12.3. The van der Waals surface area contributed by atoms with E-state index in [2.05, 4.69) is 75.5 Å². The molecule has 0 heterocycles. The molecule has 1 N–H and O–H groups in total. The fraction of sp³-hybridized carbons (Fsp3) is 0.333. The Balaban J connectivity index is 2.09. The van der Waals surface area contributed by atoms with Crippen molar-refractivity contribution in [2.24, 2.45) is 0 Å². The standard InChI is InChI=1S/C18H23N/c1-13-10-14(2)18(15(3)11-13)19-16(4)12-17-8-6-5-7-9-17/h5-11,16,19H,12H2,1-4H3. The third-order valence-electron chi connectivity index (χ3n) is 3.45. The molecule has 0 aromatic heterocycles. The molecule has 1 unspecified atom stereocenters. The number of hydrogen-bond acceptors (Lipinski definition) is 1. The SMILES string of the molecule is Cc1cc(C)c(NC(C)Cc2ccccc2)c(C)c1. The van der Waals surface area contributed by atoms with Crippen LogP contribution in [0.1, 0.15) is 29.2 Å². The molecule has 19 heavy (non-hydrogen) atoms. The summed E-state index contributed by atoms with van der Waals surface area (Å²) in [6, 6.07) is 15.6. The molecule has 2 aromatic carbocycles. The summed E-state index contributed by atoms with van der Waals surface area (Å²) in [5, 5.41) is 3.65. The maximum Gasteiger partial charge on any atom is 0.0401 e. The van der Waals surface area contributed by atoms with Crippen LogP contribution in [0.25, 0.3) is 0 Å². The van der Waals surface area contributed by atoms with Crippen molar-refractivity contribution in [1.82, 2.24) is 0 Å². The number of benzene rings is 2. The van der Waals surface area contributed by atoms with Crippen molar-refractivity contribution in [3.63, 3.8) is 0 Å². The molecular weight excluding hydrogens is 230 g/mol. The van der Waals surface area contributed by atoms with Gasteiger partial charge < -0.3 is 5.32 Å². The number of nitrogens with one attached hydrogen (secondary N) is 1. The molecule has 0 saturated carbocycles. The zero-order valence-corrected chi connectivity index (χ0v) is 12.3. The maximum atomic E-state index is 3.65. The molecule has 0 bridgehead atoms. The third-order valence-corrected chi connectivity index (χ3v) is 3.45. The molecule has 1 nitrogen and oxygen atoms in total. The first-order valence-electron chi connectivity index (χ1n) is 6.94. The van der Waals surface area contributed by atoms with E-state index in [1.165, 1.54) is 27.9 Å². The average Bonchev–Trinajstić information content (AvgIpc) is 2.35. The van der Waals surface area contributed by atoms with E-state index < -0.39 is 0 Å². The van der Waals surface area contributed by atoms with Gasteiger partial charge in [-0.1, -0.05) is 48.0 Å². The highest BCUT2D eigenvalue weighted by Gasteiger charge is 2.08. The van der Waals surface area contributed by atoms with E-state index in [0.717, 1.165) is 6.42 Å². The fourth-order valence-electron chi connectivity index (χ4n) is 2.67. The lowest BCUT2D eigenvalue weighted by molar-refractivity contribution is 0.788. The van der Waals surface area contributed by atoms with Gasteiger partial charge in [0.2, 0.25) is 0 Å². The number of hydrogen-bond donors (Lipinski definition) is 1. The van der Waals surface area contributed by atoms with Crippen LogP contribution >= 0.6 is 0 Å². The van der Waals surface area contributed by atoms with Crippen LogP contribution in [0.4, 0.5) is 5.69 Å². The van der Waals surface area contributed by atoms with Crippen LogP contribution in [-0.4, -0.2) is 6.04 Å². The summed E-state index contributed by atoms with van der Waals surface area (Å²) < 4.78 is 0. The Labute approximate surface area is 116 Å². The quantitative estimate of drug-likeness (QED) is 0.836. The smallest absolute Gasteiger partial charge is 0.0401 e. The van der Waals surface area contributed by atoms with Crippen molar-refractivity contribution in [3.05, 3.63) is 64.7 Å². The van der Waals surface area contributed by atoms with Crippen molar-refractivity contribution in [2.75, 3.05) is 5.32 Å². The Hall–Kier alpha value is -1.76. The molecule has 0 aliphatic rings. The molecule has 1 atom stereocenters. The molecule has 2 aromatic rings. The summed E-state index contributed by atoms with van der Waals surface area (Å²) >= 11 is 0. The first-order chi connectivity index (χ1) is 9.06. The van der Waals surface area contributed by atoms with Gasteiger partial charge in [0.05, 0.1) is 0 Å². The molecular formula is C18H23N. The second-order valence-corrected chi connectivity index (χ2v) is 5.51. The van der Waals surface area contributed by atoms with E-state index in [1.807, 2.05) is 0 Å². The highest BCUT2D eigenvalue weighted by molar-refractivity contribution is 5.58. The lowest BCUT2D eigenvalue weighted by atomic mass is 10.0. The summed E-state index contributed by atoms with van der Waals surface area (Å²) in [7, 11) is 0. The largest absolute Gasteiger partial charge is 0.382 e. The van der Waals surface area contributed by atoms with Gasteiger partial charge in [-0.05, 0) is 50.8 Å². The van der Waals surface area contributed by atoms with E-state index in [1.54, 1.807) is 0 Å². The Morgan fingerprint density at radius 2 is 1.53 bits per heavy atom. The second-order valence-electron chi connectivity index (χ2n) is 5.51. The van der Waals surface area contributed by atoms with Crippen LogP contribution in [0.5, 0.6) is 0 Å². The maximum absolute atomic E-state index is 3.65. The Bertz CT molecular complexity index is 520. The summed E-state index contributed by atoms with van der Waals surface area (Å²) in [5.41, 5.74) is 6.66. The molecule has 2 rings (SSSR count). The predicted octanol–water partition coefficient (Wildman–Crippen LogP) is 4.65. The molecule has 0 aliphatic carbocycles. The summed E-state index contributed by atoms with van der Waals surface area (Å²) in [4.78, 5) is 0. The van der Waals surface area contributed by atoms with Crippen molar-refractivity contribution in [2.45, 2.75) is 40.2 Å². The number of anilines is 1. The van der Waals surface area contributed by atoms with Crippen LogP contribution in [0.15, 0.2) is 42.5 Å². The molecule has 0 saturated heterocycles. The number of rotatable bonds is 4. The van der Waals surface area contributed by atoms with Gasteiger partial charge in [0.25, 0.3) is 0 Å². The van der Waals surface area contributed by atoms with Gasteiger partial charge in [-0.25, -0.2) is 0 Å². The lowest BCUT2D eigenvalue weighted by Crippen LogP contribution is -2.19. The van der Waals surface area contributed by atoms with Crippen molar-refractivity contribution in [3.8, 4) is 0 Å². The number of aryl methyl sites for hydroxylation is 3. The topological polar surface area (TPSA) is 12.0 Å². The third kappa shape index (κ3) is 3.60. The predicted molar refractivity (Wildman–Crippen MR) is 83.9 cm³/mol. The minimum Gasteiger partial charge on any atom is -0.382 e. The molecule has 100 valence electrons. The van der Waals surface area contributed by atoms with Crippen molar-refractivity contribution in [1.29, 1.82) is 0 Å². The van der Waals surface area contributed by atoms with Gasteiger partial charge in [-0.3, -0.25) is 0 Å². The Morgan fingerprint density at radius 1 is 0.947 bits per heavy atom. The van der Waals surface area contributed by atoms with Gasteiger partial charge in [-0.2, -0.15) is 0 Å². The van der Waals surface area contributed by atoms with Crippen LogP contribution in [0, 0.1) is 20.8 Å². The van der Waals surface area contributed by atoms with Crippen LogP contribution in [-0.2, 0) is 6.42 Å². The average molecular weight is 253 g/mol. The molecule has 0 amide bonds. The molecule has 1 heteroatoms. The Kier molecular flexibility index (Phi) is 4.26. The normalized spacial score (nSPS) is 12.2. The van der Waals surface area contributed by atoms with Crippen molar-refractivity contribution >= 4 is 5.69 Å². The second kappa shape index (κ2) is 5.92.